The van der Waals surface area contributed by atoms with Crippen LogP contribution in [0.5, 0.6) is 0 Å². The summed E-state index contributed by atoms with van der Waals surface area (Å²) in [6.07, 6.45) is 3.54. The van der Waals surface area contributed by atoms with Crippen LogP contribution in [0, 0.1) is 0 Å². The molecule has 1 unspecified atom stereocenters. The molecule has 2 aromatic heterocycles. The van der Waals surface area contributed by atoms with E-state index in [9.17, 15) is 9.59 Å². The van der Waals surface area contributed by atoms with Crippen molar-refractivity contribution in [1.29, 1.82) is 0 Å². The third-order valence-corrected chi connectivity index (χ3v) is 5.30. The lowest BCUT2D eigenvalue weighted by Crippen LogP contribution is -2.44. The summed E-state index contributed by atoms with van der Waals surface area (Å²) < 4.78 is 5.66. The topological polar surface area (TPSA) is 83.6 Å². The molecule has 8 heteroatoms. The molecule has 0 bridgehead atoms. The van der Waals surface area contributed by atoms with Crippen LogP contribution in [0.2, 0.25) is 0 Å². The first-order chi connectivity index (χ1) is 12.7. The zero-order chi connectivity index (χ0) is 17.9. The van der Waals surface area contributed by atoms with Crippen LogP contribution in [0.1, 0.15) is 28.8 Å². The molecule has 136 valence electrons. The van der Waals surface area contributed by atoms with Crippen molar-refractivity contribution < 1.29 is 14.3 Å². The average Bonchev–Trinajstić information content (AvgIpc) is 3.35. The van der Waals surface area contributed by atoms with Gasteiger partial charge in [0, 0.05) is 19.3 Å². The second-order valence-corrected chi connectivity index (χ2v) is 7.18. The smallest absolute Gasteiger partial charge is 0.253 e. The lowest BCUT2D eigenvalue weighted by molar-refractivity contribution is -0.117. The molecule has 2 N–H and O–H groups in total. The van der Waals surface area contributed by atoms with Crippen molar-refractivity contribution >= 4 is 34.7 Å². The Balaban J connectivity index is 1.52. The maximum absolute atomic E-state index is 12.5. The fraction of sp³-hybridized carbons (Fsp3) is 0.389. The van der Waals surface area contributed by atoms with Crippen LogP contribution in [-0.2, 0) is 16.1 Å². The van der Waals surface area contributed by atoms with E-state index in [4.69, 9.17) is 4.74 Å². The largest absolute Gasteiger partial charge is 0.376 e. The number of carbonyl (C=O) groups excluding carboxylic acids is 2. The van der Waals surface area contributed by atoms with Gasteiger partial charge in [-0.1, -0.05) is 0 Å². The van der Waals surface area contributed by atoms with E-state index in [0.29, 0.717) is 30.2 Å². The molecule has 1 fully saturated rings. The molecule has 0 radical (unpaired) electrons. The Hall–Kier alpha value is -2.45. The molecule has 26 heavy (non-hydrogen) atoms. The molecular formula is C18H20N4O3S. The fourth-order valence-electron chi connectivity index (χ4n) is 3.18. The first-order valence-corrected chi connectivity index (χ1v) is 9.60. The van der Waals surface area contributed by atoms with E-state index in [1.807, 2.05) is 16.8 Å². The summed E-state index contributed by atoms with van der Waals surface area (Å²) in [6, 6.07) is 3.70. The van der Waals surface area contributed by atoms with Gasteiger partial charge in [-0.2, -0.15) is 11.3 Å². The second-order valence-electron chi connectivity index (χ2n) is 6.40. The first kappa shape index (κ1) is 17.0. The van der Waals surface area contributed by atoms with Crippen LogP contribution < -0.4 is 15.5 Å². The van der Waals surface area contributed by atoms with Crippen LogP contribution in [0.3, 0.4) is 0 Å². The number of anilines is 2. The van der Waals surface area contributed by atoms with Gasteiger partial charge in [0.1, 0.15) is 5.82 Å². The van der Waals surface area contributed by atoms with Gasteiger partial charge in [-0.15, -0.1) is 0 Å². The number of aromatic nitrogens is 1. The number of amides is 2. The van der Waals surface area contributed by atoms with Crippen molar-refractivity contribution in [3.05, 3.63) is 40.2 Å². The molecule has 0 aromatic carbocycles. The summed E-state index contributed by atoms with van der Waals surface area (Å²) in [5, 5.41) is 9.87. The van der Waals surface area contributed by atoms with Crippen molar-refractivity contribution in [2.45, 2.75) is 25.5 Å². The number of pyridine rings is 1. The van der Waals surface area contributed by atoms with Gasteiger partial charge in [0.2, 0.25) is 5.91 Å². The Morgan fingerprint density at radius 1 is 1.50 bits per heavy atom. The summed E-state index contributed by atoms with van der Waals surface area (Å²) in [5.41, 5.74) is 2.14. The number of hydrogen-bond donors (Lipinski definition) is 2. The van der Waals surface area contributed by atoms with E-state index in [2.05, 4.69) is 15.6 Å². The lowest BCUT2D eigenvalue weighted by atomic mass is 10.1. The third kappa shape index (κ3) is 3.56. The normalized spacial score (nSPS) is 19.2. The molecule has 0 aliphatic carbocycles. The summed E-state index contributed by atoms with van der Waals surface area (Å²) in [7, 11) is 0. The van der Waals surface area contributed by atoms with Gasteiger partial charge in [-0.3, -0.25) is 9.59 Å². The van der Waals surface area contributed by atoms with E-state index in [-0.39, 0.29) is 24.5 Å². The Kier molecular flexibility index (Phi) is 4.85. The number of nitrogens with one attached hydrogen (secondary N) is 2. The highest BCUT2D eigenvalue weighted by atomic mass is 32.1. The zero-order valence-electron chi connectivity index (χ0n) is 14.2. The standard InChI is InChI=1S/C18H20N4O3S/c23-16-9-20-17-15(22(16)10-14-2-1-4-25-14)6-13(8-19-17)18(24)21-7-12-3-5-26-11-12/h3,5-6,8,11,14H,1-2,4,7,9-10H2,(H,19,20)(H,21,24). The van der Waals surface area contributed by atoms with Gasteiger partial charge in [0.25, 0.3) is 5.91 Å². The van der Waals surface area contributed by atoms with Crippen molar-refractivity contribution in [2.75, 3.05) is 29.9 Å². The highest BCUT2D eigenvalue weighted by molar-refractivity contribution is 7.07. The Morgan fingerprint density at radius 2 is 2.42 bits per heavy atom. The molecule has 4 rings (SSSR count). The van der Waals surface area contributed by atoms with E-state index >= 15 is 0 Å². The number of fused-ring (bicyclic) bond motifs is 1. The number of thiophene rings is 1. The highest BCUT2D eigenvalue weighted by Crippen LogP contribution is 2.29. The van der Waals surface area contributed by atoms with Gasteiger partial charge in [0.15, 0.2) is 0 Å². The Morgan fingerprint density at radius 3 is 3.19 bits per heavy atom. The molecule has 0 saturated carbocycles. The van der Waals surface area contributed by atoms with Gasteiger partial charge < -0.3 is 20.3 Å². The van der Waals surface area contributed by atoms with E-state index in [0.717, 1.165) is 25.0 Å². The van der Waals surface area contributed by atoms with Crippen molar-refractivity contribution in [3.63, 3.8) is 0 Å². The van der Waals surface area contributed by atoms with Crippen molar-refractivity contribution in [3.8, 4) is 0 Å². The zero-order valence-corrected chi connectivity index (χ0v) is 15.1. The summed E-state index contributed by atoms with van der Waals surface area (Å²) in [4.78, 5) is 30.9. The van der Waals surface area contributed by atoms with Gasteiger partial charge in [-0.25, -0.2) is 4.98 Å². The maximum Gasteiger partial charge on any atom is 0.253 e. The number of carbonyl (C=O) groups is 2. The molecule has 4 heterocycles. The maximum atomic E-state index is 12.5. The average molecular weight is 372 g/mol. The van der Waals surface area contributed by atoms with Gasteiger partial charge in [0.05, 0.1) is 30.4 Å². The van der Waals surface area contributed by atoms with Crippen LogP contribution in [-0.4, -0.2) is 42.6 Å². The Bertz CT molecular complexity index is 803. The Labute approximate surface area is 155 Å². The second kappa shape index (κ2) is 7.43. The van der Waals surface area contributed by atoms with E-state index in [1.54, 1.807) is 22.3 Å². The summed E-state index contributed by atoms with van der Waals surface area (Å²) >= 11 is 1.59. The lowest BCUT2D eigenvalue weighted by Gasteiger charge is -2.31. The highest BCUT2D eigenvalue weighted by Gasteiger charge is 2.29. The molecule has 0 spiro atoms. The molecule has 2 aliphatic heterocycles. The molecule has 7 nitrogen and oxygen atoms in total. The third-order valence-electron chi connectivity index (χ3n) is 4.57. The van der Waals surface area contributed by atoms with E-state index in [1.165, 1.54) is 6.20 Å². The number of hydrogen-bond acceptors (Lipinski definition) is 6. The molecule has 1 atom stereocenters. The van der Waals surface area contributed by atoms with Crippen LogP contribution in [0.15, 0.2) is 29.1 Å². The quantitative estimate of drug-likeness (QED) is 0.839. The monoisotopic (exact) mass is 372 g/mol. The SMILES string of the molecule is O=C(NCc1ccsc1)c1cnc2c(c1)N(CC1CCCO1)C(=O)CN2. The fourth-order valence-corrected chi connectivity index (χ4v) is 3.85. The predicted molar refractivity (Wildman–Crippen MR) is 99.5 cm³/mol. The molecule has 2 amide bonds. The van der Waals surface area contributed by atoms with E-state index < -0.39 is 0 Å². The minimum Gasteiger partial charge on any atom is -0.376 e. The number of nitrogens with zero attached hydrogens (tertiary/aromatic N) is 2. The minimum absolute atomic E-state index is 0.0365. The number of ether oxygens (including phenoxy) is 1. The predicted octanol–water partition coefficient (Wildman–Crippen LogP) is 2.01. The summed E-state index contributed by atoms with van der Waals surface area (Å²) in [6.45, 7) is 1.91. The van der Waals surface area contributed by atoms with Crippen LogP contribution >= 0.6 is 11.3 Å². The number of rotatable bonds is 5. The van der Waals surface area contributed by atoms with Crippen molar-refractivity contribution in [1.82, 2.24) is 10.3 Å². The van der Waals surface area contributed by atoms with Gasteiger partial charge >= 0.3 is 0 Å². The molecule has 2 aliphatic rings. The molecular weight excluding hydrogens is 352 g/mol. The molecule has 2 aromatic rings. The van der Waals surface area contributed by atoms with Crippen LogP contribution in [0.25, 0.3) is 0 Å². The summed E-state index contributed by atoms with van der Waals surface area (Å²) in [5.74, 6) is 0.379. The minimum atomic E-state index is -0.207. The van der Waals surface area contributed by atoms with Crippen molar-refractivity contribution in [2.24, 2.45) is 0 Å². The van der Waals surface area contributed by atoms with Gasteiger partial charge in [-0.05, 0) is 41.3 Å². The molecule has 1 saturated heterocycles. The first-order valence-electron chi connectivity index (χ1n) is 8.66. The van der Waals surface area contributed by atoms with Crippen LogP contribution in [0.4, 0.5) is 11.5 Å².